The van der Waals surface area contributed by atoms with Crippen molar-refractivity contribution in [1.29, 1.82) is 0 Å². The standard InChI is InChI=1S/C24H25N3O6/c1-30-24(29)19-6-5-18(20-3-2-12-31-20)27(19)15-23(28)26-10-8-25(9-11-26)14-17-4-7-21-22(13-17)33-16-32-21/h2-7,12-13H,8-11,14-16H2,1H3. The molecule has 4 heterocycles. The number of aromatic nitrogens is 1. The number of nitrogens with zero attached hydrogens (tertiary/aromatic N) is 3. The summed E-state index contributed by atoms with van der Waals surface area (Å²) in [5.41, 5.74) is 2.13. The summed E-state index contributed by atoms with van der Waals surface area (Å²) in [6, 6.07) is 13.0. The number of methoxy groups -OCH3 is 1. The molecule has 1 saturated heterocycles. The van der Waals surface area contributed by atoms with Crippen molar-refractivity contribution in [2.24, 2.45) is 0 Å². The van der Waals surface area contributed by atoms with Crippen LogP contribution in [0.15, 0.2) is 53.1 Å². The van der Waals surface area contributed by atoms with E-state index in [1.54, 1.807) is 35.1 Å². The summed E-state index contributed by atoms with van der Waals surface area (Å²) in [4.78, 5) is 29.5. The Hall–Kier alpha value is -3.72. The molecular formula is C24H25N3O6. The van der Waals surface area contributed by atoms with Gasteiger partial charge in [0.25, 0.3) is 0 Å². The first-order valence-electron chi connectivity index (χ1n) is 10.8. The smallest absolute Gasteiger partial charge is 0.354 e. The molecule has 0 N–H and O–H groups in total. The summed E-state index contributed by atoms with van der Waals surface area (Å²) >= 11 is 0. The average Bonchev–Trinajstić information content (AvgIpc) is 3.59. The largest absolute Gasteiger partial charge is 0.464 e. The van der Waals surface area contributed by atoms with Gasteiger partial charge in [0.2, 0.25) is 12.7 Å². The van der Waals surface area contributed by atoms with Crippen LogP contribution in [-0.4, -0.2) is 66.3 Å². The molecule has 1 amide bonds. The SMILES string of the molecule is COC(=O)c1ccc(-c2ccco2)n1CC(=O)N1CCN(Cc2ccc3c(c2)OCO3)CC1. The van der Waals surface area contributed by atoms with Gasteiger partial charge in [-0.25, -0.2) is 4.79 Å². The van der Waals surface area contributed by atoms with Gasteiger partial charge in [0, 0.05) is 32.7 Å². The highest BCUT2D eigenvalue weighted by atomic mass is 16.7. The van der Waals surface area contributed by atoms with Gasteiger partial charge in [0.1, 0.15) is 18.0 Å². The van der Waals surface area contributed by atoms with Crippen LogP contribution in [0.25, 0.3) is 11.5 Å². The van der Waals surface area contributed by atoms with Crippen LogP contribution < -0.4 is 9.47 Å². The number of rotatable bonds is 6. The molecule has 9 nitrogen and oxygen atoms in total. The number of fused-ring (bicyclic) bond motifs is 1. The molecule has 1 fully saturated rings. The molecule has 0 aliphatic carbocycles. The van der Waals surface area contributed by atoms with E-state index < -0.39 is 5.97 Å². The summed E-state index contributed by atoms with van der Waals surface area (Å²) in [6.45, 7) is 3.85. The fourth-order valence-electron chi connectivity index (χ4n) is 4.25. The van der Waals surface area contributed by atoms with Crippen molar-refractivity contribution >= 4 is 11.9 Å². The lowest BCUT2D eigenvalue weighted by Gasteiger charge is -2.35. The third-order valence-electron chi connectivity index (χ3n) is 6.01. The maximum atomic E-state index is 13.1. The molecule has 1 aromatic carbocycles. The highest BCUT2D eigenvalue weighted by molar-refractivity contribution is 5.90. The molecule has 0 bridgehead atoms. The third-order valence-corrected chi connectivity index (χ3v) is 6.01. The molecule has 0 unspecified atom stereocenters. The number of piperazine rings is 1. The predicted octanol–water partition coefficient (Wildman–Crippen LogP) is 2.61. The van der Waals surface area contributed by atoms with Crippen molar-refractivity contribution in [2.75, 3.05) is 40.1 Å². The lowest BCUT2D eigenvalue weighted by atomic mass is 10.1. The van der Waals surface area contributed by atoms with E-state index in [0.29, 0.717) is 30.2 Å². The van der Waals surface area contributed by atoms with E-state index in [-0.39, 0.29) is 19.2 Å². The first-order chi connectivity index (χ1) is 16.1. The number of hydrogen-bond donors (Lipinski definition) is 0. The predicted molar refractivity (Wildman–Crippen MR) is 118 cm³/mol. The lowest BCUT2D eigenvalue weighted by Crippen LogP contribution is -2.49. The zero-order valence-corrected chi connectivity index (χ0v) is 18.4. The zero-order chi connectivity index (χ0) is 22.8. The highest BCUT2D eigenvalue weighted by Crippen LogP contribution is 2.33. The minimum absolute atomic E-state index is 0.0373. The van der Waals surface area contributed by atoms with E-state index in [1.165, 1.54) is 7.11 Å². The van der Waals surface area contributed by atoms with Crippen LogP contribution in [0, 0.1) is 0 Å². The van der Waals surface area contributed by atoms with Gasteiger partial charge in [-0.15, -0.1) is 0 Å². The van der Waals surface area contributed by atoms with E-state index in [4.69, 9.17) is 18.6 Å². The molecule has 0 spiro atoms. The number of esters is 1. The number of hydrogen-bond acceptors (Lipinski definition) is 7. The molecule has 172 valence electrons. The molecule has 0 radical (unpaired) electrons. The van der Waals surface area contributed by atoms with Crippen molar-refractivity contribution < 1.29 is 28.2 Å². The summed E-state index contributed by atoms with van der Waals surface area (Å²) < 4.78 is 22.9. The van der Waals surface area contributed by atoms with Crippen molar-refractivity contribution in [3.63, 3.8) is 0 Å². The van der Waals surface area contributed by atoms with Crippen molar-refractivity contribution in [3.05, 3.63) is 60.0 Å². The number of carbonyl (C=O) groups is 2. The Morgan fingerprint density at radius 3 is 2.58 bits per heavy atom. The van der Waals surface area contributed by atoms with Gasteiger partial charge in [-0.05, 0) is 42.0 Å². The maximum absolute atomic E-state index is 13.1. The minimum atomic E-state index is -0.492. The number of furan rings is 1. The quantitative estimate of drug-likeness (QED) is 0.533. The van der Waals surface area contributed by atoms with Crippen LogP contribution >= 0.6 is 0 Å². The monoisotopic (exact) mass is 451 g/mol. The normalized spacial score (nSPS) is 15.6. The van der Waals surface area contributed by atoms with Gasteiger partial charge in [-0.1, -0.05) is 6.07 Å². The maximum Gasteiger partial charge on any atom is 0.354 e. The highest BCUT2D eigenvalue weighted by Gasteiger charge is 2.25. The summed E-state index contributed by atoms with van der Waals surface area (Å²) in [5.74, 6) is 1.61. The average molecular weight is 451 g/mol. The Balaban J connectivity index is 1.23. The van der Waals surface area contributed by atoms with Crippen molar-refractivity contribution in [1.82, 2.24) is 14.4 Å². The lowest BCUT2D eigenvalue weighted by molar-refractivity contribution is -0.133. The van der Waals surface area contributed by atoms with Gasteiger partial charge in [0.05, 0.1) is 19.1 Å². The molecule has 0 atom stereocenters. The van der Waals surface area contributed by atoms with Gasteiger partial charge in [0.15, 0.2) is 11.5 Å². The molecule has 3 aromatic rings. The van der Waals surface area contributed by atoms with E-state index in [0.717, 1.165) is 36.7 Å². The van der Waals surface area contributed by atoms with Gasteiger partial charge in [-0.3, -0.25) is 9.69 Å². The fraction of sp³-hybridized carbons (Fsp3) is 0.333. The van der Waals surface area contributed by atoms with Crippen LogP contribution in [0.2, 0.25) is 0 Å². The molecule has 0 saturated carbocycles. The molecule has 9 heteroatoms. The van der Waals surface area contributed by atoms with Gasteiger partial charge < -0.3 is 28.1 Å². The molecular weight excluding hydrogens is 426 g/mol. The summed E-state index contributed by atoms with van der Waals surface area (Å²) in [5, 5.41) is 0. The summed E-state index contributed by atoms with van der Waals surface area (Å²) in [6.07, 6.45) is 1.56. The van der Waals surface area contributed by atoms with Crippen molar-refractivity contribution in [2.45, 2.75) is 13.1 Å². The molecule has 33 heavy (non-hydrogen) atoms. The fourth-order valence-corrected chi connectivity index (χ4v) is 4.25. The third kappa shape index (κ3) is 4.31. The van der Waals surface area contributed by atoms with E-state index in [9.17, 15) is 9.59 Å². The molecule has 2 aliphatic heterocycles. The molecule has 2 aliphatic rings. The number of amides is 1. The van der Waals surface area contributed by atoms with Crippen LogP contribution in [0.3, 0.4) is 0 Å². The summed E-state index contributed by atoms with van der Waals surface area (Å²) in [7, 11) is 1.33. The van der Waals surface area contributed by atoms with Crippen LogP contribution in [0.4, 0.5) is 0 Å². The second-order valence-corrected chi connectivity index (χ2v) is 8.00. The topological polar surface area (TPSA) is 86.4 Å². The van der Waals surface area contributed by atoms with Crippen molar-refractivity contribution in [3.8, 4) is 23.0 Å². The molecule has 5 rings (SSSR count). The number of benzene rings is 1. The van der Waals surface area contributed by atoms with E-state index in [1.807, 2.05) is 23.1 Å². The second kappa shape index (κ2) is 9.03. The minimum Gasteiger partial charge on any atom is -0.464 e. The Morgan fingerprint density at radius 1 is 1.00 bits per heavy atom. The Morgan fingerprint density at radius 2 is 1.82 bits per heavy atom. The first kappa shape index (κ1) is 21.1. The second-order valence-electron chi connectivity index (χ2n) is 8.00. The Labute approximate surface area is 191 Å². The number of ether oxygens (including phenoxy) is 3. The Bertz CT molecular complexity index is 1150. The van der Waals surface area contributed by atoms with Crippen LogP contribution in [-0.2, 0) is 22.6 Å². The number of carbonyl (C=O) groups excluding carboxylic acids is 2. The van der Waals surface area contributed by atoms with Crippen LogP contribution in [0.1, 0.15) is 16.1 Å². The van der Waals surface area contributed by atoms with Crippen LogP contribution in [0.5, 0.6) is 11.5 Å². The zero-order valence-electron chi connectivity index (χ0n) is 18.4. The van der Waals surface area contributed by atoms with E-state index >= 15 is 0 Å². The first-order valence-corrected chi connectivity index (χ1v) is 10.8. The van der Waals surface area contributed by atoms with Gasteiger partial charge in [-0.2, -0.15) is 0 Å². The van der Waals surface area contributed by atoms with E-state index in [2.05, 4.69) is 4.90 Å². The molecule has 2 aromatic heterocycles. The van der Waals surface area contributed by atoms with Gasteiger partial charge >= 0.3 is 5.97 Å². The Kier molecular flexibility index (Phi) is 5.78.